The molecule has 1 aliphatic rings. The number of fused-ring (bicyclic) bond motifs is 1. The first kappa shape index (κ1) is 19.8. The van der Waals surface area contributed by atoms with E-state index >= 15 is 0 Å². The van der Waals surface area contributed by atoms with Crippen LogP contribution in [0.25, 0.3) is 21.3 Å². The highest BCUT2D eigenvalue weighted by molar-refractivity contribution is 7.17. The SMILES string of the molecule is COc1ccc(-c2csc3nc(C)nc(N4CCN(c5ccc(F)cc5)CC4)c23)cc1. The van der Waals surface area contributed by atoms with Crippen LogP contribution >= 0.6 is 11.3 Å². The van der Waals surface area contributed by atoms with E-state index < -0.39 is 0 Å². The molecule has 0 radical (unpaired) electrons. The topological polar surface area (TPSA) is 41.5 Å². The number of hydrogen-bond donors (Lipinski definition) is 0. The summed E-state index contributed by atoms with van der Waals surface area (Å²) < 4.78 is 18.6. The van der Waals surface area contributed by atoms with Crippen molar-refractivity contribution in [1.29, 1.82) is 0 Å². The fraction of sp³-hybridized carbons (Fsp3) is 0.250. The molecule has 0 bridgehead atoms. The van der Waals surface area contributed by atoms with Crippen molar-refractivity contribution in [1.82, 2.24) is 9.97 Å². The molecule has 1 saturated heterocycles. The number of aromatic nitrogens is 2. The number of rotatable bonds is 4. The lowest BCUT2D eigenvalue weighted by Crippen LogP contribution is -2.47. The van der Waals surface area contributed by atoms with Gasteiger partial charge in [0.2, 0.25) is 0 Å². The first-order valence-corrected chi connectivity index (χ1v) is 11.2. The zero-order valence-electron chi connectivity index (χ0n) is 17.5. The van der Waals surface area contributed by atoms with E-state index in [4.69, 9.17) is 14.7 Å². The molecule has 3 heterocycles. The van der Waals surface area contributed by atoms with Crippen molar-refractivity contribution in [2.24, 2.45) is 0 Å². The minimum atomic E-state index is -0.204. The Labute approximate surface area is 184 Å². The maximum Gasteiger partial charge on any atom is 0.141 e. The van der Waals surface area contributed by atoms with E-state index in [1.165, 1.54) is 12.1 Å². The van der Waals surface area contributed by atoms with E-state index in [9.17, 15) is 4.39 Å². The van der Waals surface area contributed by atoms with Crippen molar-refractivity contribution in [3.8, 4) is 16.9 Å². The van der Waals surface area contributed by atoms with Crippen LogP contribution in [0.3, 0.4) is 0 Å². The molecule has 0 atom stereocenters. The van der Waals surface area contributed by atoms with E-state index in [2.05, 4.69) is 27.3 Å². The van der Waals surface area contributed by atoms with Crippen LogP contribution in [0.2, 0.25) is 0 Å². The number of piperazine rings is 1. The highest BCUT2D eigenvalue weighted by atomic mass is 32.1. The van der Waals surface area contributed by atoms with Crippen molar-refractivity contribution in [3.63, 3.8) is 0 Å². The normalized spacial score (nSPS) is 14.3. The average molecular weight is 435 g/mol. The maximum absolute atomic E-state index is 13.3. The summed E-state index contributed by atoms with van der Waals surface area (Å²) in [6.07, 6.45) is 0. The van der Waals surface area contributed by atoms with Crippen molar-refractivity contribution >= 4 is 33.1 Å². The Bertz CT molecular complexity index is 1200. The van der Waals surface area contributed by atoms with E-state index in [0.29, 0.717) is 0 Å². The maximum atomic E-state index is 13.3. The van der Waals surface area contributed by atoms with E-state index in [1.54, 1.807) is 18.4 Å². The van der Waals surface area contributed by atoms with Gasteiger partial charge in [-0.15, -0.1) is 11.3 Å². The molecule has 5 nitrogen and oxygen atoms in total. The minimum absolute atomic E-state index is 0.204. The molecule has 1 aliphatic heterocycles. The quantitative estimate of drug-likeness (QED) is 0.445. The van der Waals surface area contributed by atoms with Crippen LogP contribution in [0.4, 0.5) is 15.9 Å². The lowest BCUT2D eigenvalue weighted by Gasteiger charge is -2.37. The largest absolute Gasteiger partial charge is 0.497 e. The Morgan fingerprint density at radius 3 is 2.26 bits per heavy atom. The smallest absolute Gasteiger partial charge is 0.141 e. The Balaban J connectivity index is 1.47. The number of ether oxygens (including phenoxy) is 1. The van der Waals surface area contributed by atoms with Crippen LogP contribution in [-0.4, -0.2) is 43.3 Å². The first-order valence-electron chi connectivity index (χ1n) is 10.3. The third kappa shape index (κ3) is 3.81. The van der Waals surface area contributed by atoms with Gasteiger partial charge in [-0.2, -0.15) is 0 Å². The van der Waals surface area contributed by atoms with Gasteiger partial charge in [0, 0.05) is 42.8 Å². The molecule has 0 spiro atoms. The highest BCUT2D eigenvalue weighted by Gasteiger charge is 2.23. The molecular weight excluding hydrogens is 411 g/mol. The van der Waals surface area contributed by atoms with Crippen molar-refractivity contribution in [2.45, 2.75) is 6.92 Å². The number of halogens is 1. The van der Waals surface area contributed by atoms with Crippen molar-refractivity contribution in [2.75, 3.05) is 43.1 Å². The number of methoxy groups -OCH3 is 1. The van der Waals surface area contributed by atoms with Crippen LogP contribution < -0.4 is 14.5 Å². The molecule has 2 aromatic carbocycles. The molecule has 0 aliphatic carbocycles. The van der Waals surface area contributed by atoms with Gasteiger partial charge in [0.25, 0.3) is 0 Å². The Morgan fingerprint density at radius 1 is 0.903 bits per heavy atom. The molecule has 2 aromatic heterocycles. The number of anilines is 2. The van der Waals surface area contributed by atoms with Gasteiger partial charge < -0.3 is 14.5 Å². The van der Waals surface area contributed by atoms with Gasteiger partial charge in [0.1, 0.15) is 28.0 Å². The zero-order valence-corrected chi connectivity index (χ0v) is 18.3. The third-order valence-corrected chi connectivity index (χ3v) is 6.57. The zero-order chi connectivity index (χ0) is 21.4. The van der Waals surface area contributed by atoms with Crippen molar-refractivity contribution < 1.29 is 9.13 Å². The molecule has 4 aromatic rings. The van der Waals surface area contributed by atoms with E-state index in [-0.39, 0.29) is 5.82 Å². The summed E-state index contributed by atoms with van der Waals surface area (Å²) in [4.78, 5) is 15.2. The standard InChI is InChI=1S/C24H23FN4OS/c1-16-26-23(29-13-11-28(12-14-29)19-7-5-18(25)6-8-19)22-21(15-31-24(22)27-16)17-3-9-20(30-2)10-4-17/h3-10,15H,11-14H2,1-2H3. The number of nitrogens with zero attached hydrogens (tertiary/aromatic N) is 4. The lowest BCUT2D eigenvalue weighted by atomic mass is 10.1. The Morgan fingerprint density at radius 2 is 1.58 bits per heavy atom. The van der Waals surface area contributed by atoms with Gasteiger partial charge in [-0.3, -0.25) is 0 Å². The number of thiophene rings is 1. The summed E-state index contributed by atoms with van der Waals surface area (Å²) in [5.74, 6) is 2.41. The van der Waals surface area contributed by atoms with Gasteiger partial charge >= 0.3 is 0 Å². The molecule has 158 valence electrons. The number of hydrogen-bond acceptors (Lipinski definition) is 6. The molecule has 0 unspecified atom stereocenters. The monoisotopic (exact) mass is 434 g/mol. The average Bonchev–Trinajstić information content (AvgIpc) is 3.23. The molecule has 0 N–H and O–H groups in total. The molecule has 0 saturated carbocycles. The number of aryl methyl sites for hydroxylation is 1. The summed E-state index contributed by atoms with van der Waals surface area (Å²) >= 11 is 1.65. The van der Waals surface area contributed by atoms with Gasteiger partial charge in [-0.05, 0) is 48.9 Å². The van der Waals surface area contributed by atoms with E-state index in [1.807, 2.05) is 31.2 Å². The summed E-state index contributed by atoms with van der Waals surface area (Å²) in [6, 6.07) is 14.9. The molecule has 7 heteroatoms. The van der Waals surface area contributed by atoms with Gasteiger partial charge in [-0.1, -0.05) is 12.1 Å². The van der Waals surface area contributed by atoms with Crippen LogP contribution in [0.15, 0.2) is 53.9 Å². The van der Waals surface area contributed by atoms with Crippen LogP contribution in [0, 0.1) is 12.7 Å². The van der Waals surface area contributed by atoms with Crippen LogP contribution in [0.1, 0.15) is 5.82 Å². The Kier molecular flexibility index (Phi) is 5.19. The Hall–Kier alpha value is -3.19. The highest BCUT2D eigenvalue weighted by Crippen LogP contribution is 2.39. The minimum Gasteiger partial charge on any atom is -0.497 e. The summed E-state index contributed by atoms with van der Waals surface area (Å²) in [5, 5.41) is 3.27. The van der Waals surface area contributed by atoms with E-state index in [0.717, 1.165) is 70.6 Å². The molecule has 0 amide bonds. The van der Waals surface area contributed by atoms with Gasteiger partial charge in [-0.25, -0.2) is 14.4 Å². The predicted octanol–water partition coefficient (Wildman–Crippen LogP) is 5.14. The third-order valence-electron chi connectivity index (χ3n) is 5.70. The molecular formula is C24H23FN4OS. The summed E-state index contributed by atoms with van der Waals surface area (Å²) in [6.45, 7) is 5.36. The second-order valence-corrected chi connectivity index (χ2v) is 8.46. The van der Waals surface area contributed by atoms with Crippen LogP contribution in [0.5, 0.6) is 5.75 Å². The van der Waals surface area contributed by atoms with Crippen molar-refractivity contribution in [3.05, 3.63) is 65.6 Å². The molecule has 5 rings (SSSR count). The van der Waals surface area contributed by atoms with Crippen LogP contribution in [-0.2, 0) is 0 Å². The summed E-state index contributed by atoms with van der Waals surface area (Å²) in [5.41, 5.74) is 3.34. The predicted molar refractivity (Wildman–Crippen MR) is 125 cm³/mol. The van der Waals surface area contributed by atoms with Gasteiger partial charge in [0.05, 0.1) is 12.5 Å². The lowest BCUT2D eigenvalue weighted by molar-refractivity contribution is 0.415. The second kappa shape index (κ2) is 8.15. The molecule has 1 fully saturated rings. The summed E-state index contributed by atoms with van der Waals surface area (Å²) in [7, 11) is 1.68. The molecule has 31 heavy (non-hydrogen) atoms. The van der Waals surface area contributed by atoms with Gasteiger partial charge in [0.15, 0.2) is 0 Å². The first-order chi connectivity index (χ1) is 15.1. The fourth-order valence-electron chi connectivity index (χ4n) is 4.07. The second-order valence-electron chi connectivity index (χ2n) is 7.60. The number of benzene rings is 2. The fourth-order valence-corrected chi connectivity index (χ4v) is 5.05.